The van der Waals surface area contributed by atoms with Crippen molar-refractivity contribution >= 4 is 6.16 Å². The molecule has 4 nitrogen and oxygen atoms in total. The smallest absolute Gasteiger partial charge is 1.00 e. The number of halogens is 1. The molecule has 0 aliphatic rings. The topological polar surface area (TPSA) is 90.4 Å². The van der Waals surface area contributed by atoms with Crippen LogP contribution in [-0.4, -0.2) is 16.7 Å². The van der Waals surface area contributed by atoms with Crippen molar-refractivity contribution in [1.82, 2.24) is 0 Å². The maximum absolute atomic E-state index is 8.44. The fourth-order valence-electron chi connectivity index (χ4n) is 0. The van der Waals surface area contributed by atoms with Crippen LogP contribution in [0.4, 0.5) is 4.79 Å². The van der Waals surface area contributed by atoms with Gasteiger partial charge < -0.3 is 32.9 Å². The Morgan fingerprint density at radius 1 is 1.22 bits per heavy atom. The van der Waals surface area contributed by atoms with Crippen LogP contribution in [0, 0.1) is 0 Å². The molecular weight excluding hydrogens is 180 g/mol. The molecule has 8 heteroatoms. The summed E-state index contributed by atoms with van der Waals surface area (Å²) in [4.78, 5) is 8.44. The minimum absolute atomic E-state index is 0. The van der Waals surface area contributed by atoms with Gasteiger partial charge >= 0.3 is 88.7 Å². The number of hydrogen-bond donors (Lipinski definition) is 1. The van der Waals surface area contributed by atoms with Crippen molar-refractivity contribution < 1.29 is 122 Å². The molecule has 0 saturated carbocycles. The van der Waals surface area contributed by atoms with Gasteiger partial charge in [-0.15, -0.1) is 0 Å². The van der Waals surface area contributed by atoms with E-state index >= 15 is 0 Å². The van der Waals surface area contributed by atoms with Gasteiger partial charge in [0.25, 0.3) is 0 Å². The zero-order chi connectivity index (χ0) is 3.58. The van der Waals surface area contributed by atoms with Crippen LogP contribution >= 0.6 is 0 Å². The van der Waals surface area contributed by atoms with Gasteiger partial charge in [0.15, 0.2) is 0 Å². The summed E-state index contributed by atoms with van der Waals surface area (Å²) in [6.07, 6.45) is -2.08. The molecule has 0 spiro atoms. The first-order chi connectivity index (χ1) is 1.73. The molecule has 0 unspecified atom stereocenters. The van der Waals surface area contributed by atoms with Crippen LogP contribution in [0.1, 0.15) is 0 Å². The first-order valence-electron chi connectivity index (χ1n) is 0.632. The van der Waals surface area contributed by atoms with Gasteiger partial charge in [-0.2, -0.15) is 0 Å². The van der Waals surface area contributed by atoms with E-state index in [-0.39, 0.29) is 107 Å². The Morgan fingerprint density at radius 3 is 1.22 bits per heavy atom. The monoisotopic (exact) mass is 182 g/mol. The molecular formula is CH2ClNa3O4. The molecule has 0 aromatic heterocycles. The molecule has 0 atom stereocenters. The van der Waals surface area contributed by atoms with Crippen LogP contribution < -0.4 is 106 Å². The average Bonchev–Trinajstić information content (AvgIpc) is 0.811. The summed E-state index contributed by atoms with van der Waals surface area (Å²) >= 11 is 0. The standard InChI is InChI=1S/CH2O3.ClH.3Na.H2O/c2-1(3)4;;;;;/h(H2,2,3,4);1H;;;;1H2/q;;3*+1;/p-3. The summed E-state index contributed by atoms with van der Waals surface area (Å²) in [5.74, 6) is 0. The maximum atomic E-state index is 8.44. The van der Waals surface area contributed by atoms with E-state index in [1.165, 1.54) is 0 Å². The Kier molecular flexibility index (Phi) is 145. The first kappa shape index (κ1) is 41.8. The quantitative estimate of drug-likeness (QED) is 0.377. The van der Waals surface area contributed by atoms with Crippen molar-refractivity contribution in [1.29, 1.82) is 0 Å². The molecule has 0 radical (unpaired) electrons. The molecule has 0 aromatic rings. The van der Waals surface area contributed by atoms with Gasteiger partial charge in [-0.05, 0) is 0 Å². The summed E-state index contributed by atoms with van der Waals surface area (Å²) in [6.45, 7) is 0. The summed E-state index contributed by atoms with van der Waals surface area (Å²) in [6, 6.07) is 0. The van der Waals surface area contributed by atoms with Crippen molar-refractivity contribution in [3.05, 3.63) is 0 Å². The third kappa shape index (κ3) is 120. The minimum Gasteiger partial charge on any atom is -1.00 e. The molecule has 2 N–H and O–H groups in total. The molecule has 0 aliphatic carbocycles. The Balaban J connectivity index is -0.00000000450. The second-order valence-electron chi connectivity index (χ2n) is 0.266. The van der Waals surface area contributed by atoms with Crippen LogP contribution in [0.25, 0.3) is 0 Å². The van der Waals surface area contributed by atoms with E-state index in [1.54, 1.807) is 0 Å². The second kappa shape index (κ2) is 31.3. The molecule has 0 heterocycles. The molecule has 0 aromatic carbocycles. The summed E-state index contributed by atoms with van der Waals surface area (Å²) in [5, 5.41) is 15.3. The predicted octanol–water partition coefficient (Wildman–Crippen LogP) is -13.3. The third-order valence-electron chi connectivity index (χ3n) is 0. The Labute approximate surface area is 125 Å². The first-order valence-corrected chi connectivity index (χ1v) is 0.632. The fourth-order valence-corrected chi connectivity index (χ4v) is 0. The molecule has 0 aliphatic heterocycles. The molecule has 0 saturated heterocycles. The second-order valence-corrected chi connectivity index (χ2v) is 0.266. The molecule has 40 valence electrons. The van der Waals surface area contributed by atoms with Gasteiger partial charge in [0.2, 0.25) is 6.16 Å². The van der Waals surface area contributed by atoms with Gasteiger partial charge in [0.1, 0.15) is 0 Å². The van der Waals surface area contributed by atoms with Crippen molar-refractivity contribution in [2.24, 2.45) is 0 Å². The number of hydrogen-bond acceptors (Lipinski definition) is 3. The Morgan fingerprint density at radius 2 is 1.22 bits per heavy atom. The summed E-state index contributed by atoms with van der Waals surface area (Å²) in [5.41, 5.74) is 0. The Bertz CT molecular complexity index is 38.8. The molecule has 9 heavy (non-hydrogen) atoms. The summed E-state index contributed by atoms with van der Waals surface area (Å²) in [7, 11) is 0. The minimum atomic E-state index is -2.08. The van der Waals surface area contributed by atoms with Crippen LogP contribution in [0.3, 0.4) is 0 Å². The number of carbonyl (C=O) groups is 1. The third-order valence-corrected chi connectivity index (χ3v) is 0. The fraction of sp³-hybridized carbons (Fsp3) is 0. The van der Waals surface area contributed by atoms with Crippen LogP contribution in [-0.2, 0) is 0 Å². The van der Waals surface area contributed by atoms with Gasteiger partial charge in [0.05, 0.1) is 0 Å². The number of rotatable bonds is 0. The van der Waals surface area contributed by atoms with E-state index < -0.39 is 6.16 Å². The molecule has 0 rings (SSSR count). The normalized spacial score (nSPS) is 2.67. The number of carboxylic acid groups (broad SMARTS) is 2. The van der Waals surface area contributed by atoms with E-state index in [1.807, 2.05) is 0 Å². The van der Waals surface area contributed by atoms with Crippen molar-refractivity contribution in [2.75, 3.05) is 0 Å². The SMILES string of the molecule is O=C([O-])O.[Cl-].[Na+].[Na+].[Na+].[OH-]. The van der Waals surface area contributed by atoms with Crippen LogP contribution in [0.15, 0.2) is 0 Å². The molecule has 0 amide bonds. The molecule has 0 bridgehead atoms. The van der Waals surface area contributed by atoms with E-state index in [4.69, 9.17) is 15.0 Å². The van der Waals surface area contributed by atoms with Gasteiger partial charge in [0, 0.05) is 0 Å². The predicted molar refractivity (Wildman–Crippen MR) is 9.96 cm³/mol. The van der Waals surface area contributed by atoms with E-state index in [0.29, 0.717) is 0 Å². The van der Waals surface area contributed by atoms with Crippen molar-refractivity contribution in [3.8, 4) is 0 Å². The average molecular weight is 182 g/mol. The van der Waals surface area contributed by atoms with Crippen LogP contribution in [0.5, 0.6) is 0 Å². The van der Waals surface area contributed by atoms with Gasteiger partial charge in [-0.1, -0.05) is 0 Å². The van der Waals surface area contributed by atoms with Gasteiger partial charge in [-0.3, -0.25) is 0 Å². The largest absolute Gasteiger partial charge is 1.00 e. The zero-order valence-corrected chi connectivity index (χ0v) is 12.3. The van der Waals surface area contributed by atoms with Crippen molar-refractivity contribution in [3.63, 3.8) is 0 Å². The van der Waals surface area contributed by atoms with E-state index in [9.17, 15) is 0 Å². The summed E-state index contributed by atoms with van der Waals surface area (Å²) < 4.78 is 0. The zero-order valence-electron chi connectivity index (χ0n) is 5.59. The maximum Gasteiger partial charge on any atom is 1.00 e. The Hall–Kier alpha value is 2.52. The van der Waals surface area contributed by atoms with Gasteiger partial charge in [-0.25, -0.2) is 0 Å². The molecule has 0 fully saturated rings. The van der Waals surface area contributed by atoms with E-state index in [2.05, 4.69) is 0 Å². The van der Waals surface area contributed by atoms with Crippen LogP contribution in [0.2, 0.25) is 0 Å². The van der Waals surface area contributed by atoms with E-state index in [0.717, 1.165) is 0 Å². The van der Waals surface area contributed by atoms with Crippen molar-refractivity contribution in [2.45, 2.75) is 0 Å².